The monoisotopic (exact) mass is 300 g/mol. The van der Waals surface area contributed by atoms with Crippen molar-refractivity contribution in [1.82, 2.24) is 10.2 Å². The highest BCUT2D eigenvalue weighted by Gasteiger charge is 2.36. The Hall–Kier alpha value is -1.56. The Balaban J connectivity index is 2.26. The summed E-state index contributed by atoms with van der Waals surface area (Å²) in [6.07, 6.45) is -4.71. The molecule has 116 valence electrons. The van der Waals surface area contributed by atoms with Crippen LogP contribution in [0.2, 0.25) is 0 Å². The number of amides is 1. The van der Waals surface area contributed by atoms with Crippen LogP contribution in [0.4, 0.5) is 13.2 Å². The molecule has 21 heavy (non-hydrogen) atoms. The van der Waals surface area contributed by atoms with Crippen molar-refractivity contribution >= 4 is 5.91 Å². The predicted octanol–water partition coefficient (Wildman–Crippen LogP) is 3.18. The Labute approximate surface area is 122 Å². The quantitative estimate of drug-likeness (QED) is 0.930. The minimum atomic E-state index is -4.34. The first-order chi connectivity index (χ1) is 9.71. The van der Waals surface area contributed by atoms with E-state index in [1.165, 1.54) is 12.1 Å². The molecule has 0 saturated carbocycles. The van der Waals surface area contributed by atoms with Crippen molar-refractivity contribution < 1.29 is 18.0 Å². The number of carbonyl (C=O) groups is 1. The molecule has 1 aromatic rings. The summed E-state index contributed by atoms with van der Waals surface area (Å²) < 4.78 is 37.8. The minimum Gasteiger partial charge on any atom is -0.319 e. The molecule has 1 fully saturated rings. The molecule has 2 rings (SSSR count). The average molecular weight is 300 g/mol. The van der Waals surface area contributed by atoms with Gasteiger partial charge < -0.3 is 4.90 Å². The summed E-state index contributed by atoms with van der Waals surface area (Å²) in [6.45, 7) is 6.19. The van der Waals surface area contributed by atoms with Crippen molar-refractivity contribution in [3.63, 3.8) is 0 Å². The number of nitrogens with zero attached hydrogens (tertiary/aromatic N) is 1. The average Bonchev–Trinajstić information content (AvgIpc) is 2.78. The summed E-state index contributed by atoms with van der Waals surface area (Å²) in [6, 6.07) is 4.98. The Bertz CT molecular complexity index is 511. The molecule has 1 amide bonds. The van der Waals surface area contributed by atoms with Crippen LogP contribution in [-0.2, 0) is 11.0 Å². The fourth-order valence-corrected chi connectivity index (χ4v) is 2.43. The number of rotatable bonds is 3. The maximum Gasteiger partial charge on any atom is 0.416 e. The zero-order valence-corrected chi connectivity index (χ0v) is 12.2. The van der Waals surface area contributed by atoms with Crippen LogP contribution in [0.5, 0.6) is 0 Å². The molecule has 2 atom stereocenters. The summed E-state index contributed by atoms with van der Waals surface area (Å²) in [4.78, 5) is 13.7. The standard InChI is InChI=1S/C15H19F3N2O/c1-9(2)10(3)20-13(21)8-19-14(20)11-4-6-12(7-5-11)15(16,17)18/h4-7,9-10,14,19H,8H2,1-3H3. The van der Waals surface area contributed by atoms with E-state index in [2.05, 4.69) is 5.32 Å². The first-order valence-electron chi connectivity index (χ1n) is 6.93. The lowest BCUT2D eigenvalue weighted by atomic mass is 10.0. The molecule has 1 aliphatic rings. The van der Waals surface area contributed by atoms with E-state index in [0.29, 0.717) is 5.56 Å². The Morgan fingerprint density at radius 2 is 1.76 bits per heavy atom. The molecule has 3 nitrogen and oxygen atoms in total. The lowest BCUT2D eigenvalue weighted by Crippen LogP contribution is -2.40. The number of benzene rings is 1. The van der Waals surface area contributed by atoms with Gasteiger partial charge in [-0.15, -0.1) is 0 Å². The van der Waals surface area contributed by atoms with Crippen LogP contribution in [-0.4, -0.2) is 23.4 Å². The van der Waals surface area contributed by atoms with Crippen molar-refractivity contribution in [2.24, 2.45) is 5.92 Å². The van der Waals surface area contributed by atoms with Crippen LogP contribution in [0.3, 0.4) is 0 Å². The van der Waals surface area contributed by atoms with Crippen LogP contribution in [0.1, 0.15) is 38.1 Å². The largest absolute Gasteiger partial charge is 0.416 e. The van der Waals surface area contributed by atoms with Crippen molar-refractivity contribution in [2.75, 3.05) is 6.54 Å². The highest BCUT2D eigenvalue weighted by atomic mass is 19.4. The first-order valence-corrected chi connectivity index (χ1v) is 6.93. The Morgan fingerprint density at radius 3 is 2.24 bits per heavy atom. The lowest BCUT2D eigenvalue weighted by Gasteiger charge is -2.33. The molecule has 1 aliphatic heterocycles. The van der Waals surface area contributed by atoms with Gasteiger partial charge in [0.15, 0.2) is 0 Å². The topological polar surface area (TPSA) is 32.3 Å². The molecule has 1 heterocycles. The number of carbonyl (C=O) groups excluding carboxylic acids is 1. The normalized spacial score (nSPS) is 21.2. The van der Waals surface area contributed by atoms with Crippen LogP contribution in [0.15, 0.2) is 24.3 Å². The smallest absolute Gasteiger partial charge is 0.319 e. The molecule has 0 spiro atoms. The van der Waals surface area contributed by atoms with Crippen molar-refractivity contribution in [1.29, 1.82) is 0 Å². The predicted molar refractivity (Wildman–Crippen MR) is 73.3 cm³/mol. The second kappa shape index (κ2) is 5.67. The molecular formula is C15H19F3N2O. The summed E-state index contributed by atoms with van der Waals surface area (Å²) in [5, 5.41) is 3.06. The molecule has 1 N–H and O–H groups in total. The molecule has 0 aliphatic carbocycles. The third-order valence-corrected chi connectivity index (χ3v) is 3.97. The van der Waals surface area contributed by atoms with Crippen LogP contribution in [0, 0.1) is 5.92 Å². The molecular weight excluding hydrogens is 281 g/mol. The van der Waals surface area contributed by atoms with Crippen LogP contribution in [0.25, 0.3) is 0 Å². The number of halogens is 3. The molecule has 6 heteroatoms. The van der Waals surface area contributed by atoms with E-state index >= 15 is 0 Å². The zero-order chi connectivity index (χ0) is 15.8. The fraction of sp³-hybridized carbons (Fsp3) is 0.533. The van der Waals surface area contributed by atoms with E-state index < -0.39 is 11.7 Å². The molecule has 1 aromatic carbocycles. The summed E-state index contributed by atoms with van der Waals surface area (Å²) >= 11 is 0. The van der Waals surface area contributed by atoms with E-state index in [9.17, 15) is 18.0 Å². The second-order valence-corrected chi connectivity index (χ2v) is 5.69. The van der Waals surface area contributed by atoms with Gasteiger partial charge in [0.1, 0.15) is 6.17 Å². The first kappa shape index (κ1) is 15.8. The number of nitrogens with one attached hydrogen (secondary N) is 1. The third kappa shape index (κ3) is 3.20. The van der Waals surface area contributed by atoms with E-state index in [4.69, 9.17) is 0 Å². The van der Waals surface area contributed by atoms with Crippen molar-refractivity contribution in [2.45, 2.75) is 39.2 Å². The second-order valence-electron chi connectivity index (χ2n) is 5.69. The van der Waals surface area contributed by atoms with Gasteiger partial charge >= 0.3 is 6.18 Å². The maximum atomic E-state index is 12.6. The number of alkyl halides is 3. The van der Waals surface area contributed by atoms with E-state index in [1.807, 2.05) is 20.8 Å². The van der Waals surface area contributed by atoms with Crippen molar-refractivity contribution in [3.8, 4) is 0 Å². The van der Waals surface area contributed by atoms with E-state index in [1.54, 1.807) is 4.90 Å². The molecule has 0 bridgehead atoms. The third-order valence-electron chi connectivity index (χ3n) is 3.97. The SMILES string of the molecule is CC(C)C(C)N1C(=O)CNC1c1ccc(C(F)(F)F)cc1. The molecule has 0 radical (unpaired) electrons. The molecule has 1 saturated heterocycles. The summed E-state index contributed by atoms with van der Waals surface area (Å²) in [5.41, 5.74) is -0.0135. The highest BCUT2D eigenvalue weighted by Crippen LogP contribution is 2.32. The van der Waals surface area contributed by atoms with Gasteiger partial charge in [-0.25, -0.2) is 0 Å². The molecule has 2 unspecified atom stereocenters. The highest BCUT2D eigenvalue weighted by molar-refractivity contribution is 5.81. The van der Waals surface area contributed by atoms with E-state index in [0.717, 1.165) is 12.1 Å². The van der Waals surface area contributed by atoms with Gasteiger partial charge in [0.25, 0.3) is 0 Å². The van der Waals surface area contributed by atoms with Crippen molar-refractivity contribution in [3.05, 3.63) is 35.4 Å². The lowest BCUT2D eigenvalue weighted by molar-refractivity contribution is -0.137. The maximum absolute atomic E-state index is 12.6. The fourth-order valence-electron chi connectivity index (χ4n) is 2.43. The summed E-state index contributed by atoms with van der Waals surface area (Å²) in [7, 11) is 0. The Kier molecular flexibility index (Phi) is 4.27. The van der Waals surface area contributed by atoms with Gasteiger partial charge in [-0.2, -0.15) is 13.2 Å². The van der Waals surface area contributed by atoms with E-state index in [-0.39, 0.29) is 30.6 Å². The van der Waals surface area contributed by atoms with Crippen LogP contribution >= 0.6 is 0 Å². The van der Waals surface area contributed by atoms with Gasteiger partial charge in [0, 0.05) is 6.04 Å². The number of hydrogen-bond acceptors (Lipinski definition) is 2. The van der Waals surface area contributed by atoms with Gasteiger partial charge in [0.2, 0.25) is 5.91 Å². The number of hydrogen-bond donors (Lipinski definition) is 1. The van der Waals surface area contributed by atoms with Gasteiger partial charge in [-0.1, -0.05) is 26.0 Å². The van der Waals surface area contributed by atoms with Gasteiger partial charge in [0.05, 0.1) is 12.1 Å². The van der Waals surface area contributed by atoms with Gasteiger partial charge in [-0.3, -0.25) is 10.1 Å². The molecule has 0 aromatic heterocycles. The zero-order valence-electron chi connectivity index (χ0n) is 12.2. The van der Waals surface area contributed by atoms with Gasteiger partial charge in [-0.05, 0) is 30.5 Å². The van der Waals surface area contributed by atoms with Crippen LogP contribution < -0.4 is 5.32 Å². The minimum absolute atomic E-state index is 0.0137. The summed E-state index contributed by atoms with van der Waals surface area (Å²) in [5.74, 6) is 0.242. The Morgan fingerprint density at radius 1 is 1.19 bits per heavy atom.